The normalized spacial score (nSPS) is 11.1. The van der Waals surface area contributed by atoms with Gasteiger partial charge in [0.2, 0.25) is 0 Å². The molecule has 0 radical (unpaired) electrons. The molecule has 1 N–H and O–H groups in total. The van der Waals surface area contributed by atoms with Gasteiger partial charge in [-0.05, 0) is 41.8 Å². The molecule has 0 fully saturated rings. The van der Waals surface area contributed by atoms with E-state index >= 15 is 0 Å². The van der Waals surface area contributed by atoms with Crippen LogP contribution in [0.3, 0.4) is 0 Å². The smallest absolute Gasteiger partial charge is 0.303 e. The van der Waals surface area contributed by atoms with Crippen molar-refractivity contribution in [1.82, 2.24) is 0 Å². The predicted octanol–water partition coefficient (Wildman–Crippen LogP) is 4.71. The third-order valence-corrected chi connectivity index (χ3v) is 4.56. The van der Waals surface area contributed by atoms with E-state index in [0.29, 0.717) is 25.3 Å². The number of ether oxygens (including phenoxy) is 2. The van der Waals surface area contributed by atoms with Gasteiger partial charge in [0.15, 0.2) is 0 Å². The molecule has 31 heavy (non-hydrogen) atoms. The summed E-state index contributed by atoms with van der Waals surface area (Å²) >= 11 is 0. The van der Waals surface area contributed by atoms with Gasteiger partial charge in [-0.2, -0.15) is 0 Å². The lowest BCUT2D eigenvalue weighted by Gasteiger charge is -2.10. The first-order valence-electron chi connectivity index (χ1n) is 9.95. The number of hydrogen-bond acceptors (Lipinski definition) is 5. The Kier molecular flexibility index (Phi) is 8.05. The fourth-order valence-corrected chi connectivity index (χ4v) is 2.91. The molecule has 0 aliphatic carbocycles. The Bertz CT molecular complexity index is 983. The summed E-state index contributed by atoms with van der Waals surface area (Å²) < 4.78 is 11.7. The summed E-state index contributed by atoms with van der Waals surface area (Å²) in [5.41, 5.74) is 3.64. The average molecular weight is 419 g/mol. The Morgan fingerprint density at radius 2 is 1.45 bits per heavy atom. The molecule has 160 valence electrons. The fourth-order valence-electron chi connectivity index (χ4n) is 2.91. The van der Waals surface area contributed by atoms with E-state index in [1.807, 2.05) is 78.9 Å². The second-order valence-corrected chi connectivity index (χ2v) is 6.85. The van der Waals surface area contributed by atoms with Crippen molar-refractivity contribution in [1.29, 1.82) is 0 Å². The van der Waals surface area contributed by atoms with Crippen LogP contribution in [0.4, 0.5) is 0 Å². The van der Waals surface area contributed by atoms with Crippen LogP contribution in [0.25, 0.3) is 0 Å². The fraction of sp³-hybridized carbons (Fsp3) is 0.200. The number of aryl methyl sites for hydroxylation is 1. The minimum Gasteiger partial charge on any atom is -0.489 e. The molecule has 0 spiro atoms. The summed E-state index contributed by atoms with van der Waals surface area (Å²) in [5, 5.41) is 12.8. The number of oxime groups is 1. The lowest BCUT2D eigenvalue weighted by Crippen LogP contribution is -2.13. The number of aliphatic carboxylic acids is 1. The van der Waals surface area contributed by atoms with E-state index in [9.17, 15) is 4.79 Å². The van der Waals surface area contributed by atoms with Crippen molar-refractivity contribution >= 4 is 11.7 Å². The van der Waals surface area contributed by atoms with Gasteiger partial charge in [-0.25, -0.2) is 0 Å². The molecule has 0 saturated heterocycles. The third-order valence-electron chi connectivity index (χ3n) is 4.56. The minimum absolute atomic E-state index is 0.124. The average Bonchev–Trinajstić information content (AvgIpc) is 2.81. The summed E-state index contributed by atoms with van der Waals surface area (Å²) in [6.45, 7) is 0.719. The van der Waals surface area contributed by atoms with Crippen molar-refractivity contribution in [3.63, 3.8) is 0 Å². The van der Waals surface area contributed by atoms with Crippen LogP contribution in [0, 0.1) is 0 Å². The Morgan fingerprint density at radius 3 is 2.06 bits per heavy atom. The Hall–Kier alpha value is -3.80. The molecule has 0 aliphatic heterocycles. The Balaban J connectivity index is 1.50. The van der Waals surface area contributed by atoms with Crippen LogP contribution in [-0.2, 0) is 22.7 Å². The molecule has 0 heterocycles. The van der Waals surface area contributed by atoms with E-state index in [4.69, 9.17) is 19.4 Å². The molecular weight excluding hydrogens is 394 g/mol. The van der Waals surface area contributed by atoms with Gasteiger partial charge in [0.25, 0.3) is 0 Å². The summed E-state index contributed by atoms with van der Waals surface area (Å²) in [4.78, 5) is 15.6. The lowest BCUT2D eigenvalue weighted by atomic mass is 10.1. The van der Waals surface area contributed by atoms with Gasteiger partial charge < -0.3 is 19.4 Å². The summed E-state index contributed by atoms with van der Waals surface area (Å²) in [7, 11) is 1.52. The maximum atomic E-state index is 10.6. The highest BCUT2D eigenvalue weighted by molar-refractivity contribution is 6.01. The monoisotopic (exact) mass is 419 g/mol. The van der Waals surface area contributed by atoms with Gasteiger partial charge in [-0.1, -0.05) is 59.8 Å². The molecule has 3 aromatic rings. The van der Waals surface area contributed by atoms with Gasteiger partial charge in [0, 0.05) is 12.0 Å². The summed E-state index contributed by atoms with van der Waals surface area (Å²) in [6.07, 6.45) is 0.636. The molecule has 6 nitrogen and oxygen atoms in total. The van der Waals surface area contributed by atoms with Crippen LogP contribution in [0.5, 0.6) is 11.5 Å². The second-order valence-electron chi connectivity index (χ2n) is 6.85. The van der Waals surface area contributed by atoms with Crippen LogP contribution in [0.2, 0.25) is 0 Å². The number of hydrogen-bond donors (Lipinski definition) is 1. The van der Waals surface area contributed by atoms with Crippen molar-refractivity contribution in [2.45, 2.75) is 19.4 Å². The number of nitrogens with zero attached hydrogens (tertiary/aromatic N) is 1. The molecule has 0 aliphatic rings. The largest absolute Gasteiger partial charge is 0.489 e. The van der Waals surface area contributed by atoms with Crippen molar-refractivity contribution < 1.29 is 24.2 Å². The minimum atomic E-state index is -0.796. The SMILES string of the molecule is CO/N=C(/COc1ccc(COc2ccc(CCC(=O)O)cc2)cc1)c1ccccc1. The molecule has 0 amide bonds. The van der Waals surface area contributed by atoms with Gasteiger partial charge in [-0.3, -0.25) is 4.79 Å². The quantitative estimate of drug-likeness (QED) is 0.360. The number of rotatable bonds is 11. The lowest BCUT2D eigenvalue weighted by molar-refractivity contribution is -0.136. The van der Waals surface area contributed by atoms with Crippen LogP contribution in [-0.4, -0.2) is 30.5 Å². The predicted molar refractivity (Wildman–Crippen MR) is 119 cm³/mol. The molecule has 0 bridgehead atoms. The van der Waals surface area contributed by atoms with Crippen LogP contribution in [0.15, 0.2) is 84.0 Å². The number of carboxylic acid groups (broad SMARTS) is 1. The summed E-state index contributed by atoms with van der Waals surface area (Å²) in [5.74, 6) is 0.670. The molecule has 0 aromatic heterocycles. The van der Waals surface area contributed by atoms with Gasteiger partial charge in [0.1, 0.15) is 37.5 Å². The number of carboxylic acids is 1. The topological polar surface area (TPSA) is 77.3 Å². The first-order chi connectivity index (χ1) is 15.1. The summed E-state index contributed by atoms with van der Waals surface area (Å²) in [6, 6.07) is 24.9. The molecule has 3 rings (SSSR count). The highest BCUT2D eigenvalue weighted by atomic mass is 16.6. The molecule has 0 unspecified atom stereocenters. The maximum Gasteiger partial charge on any atom is 0.303 e. The van der Waals surface area contributed by atoms with Crippen LogP contribution < -0.4 is 9.47 Å². The van der Waals surface area contributed by atoms with Crippen molar-refractivity contribution in [2.75, 3.05) is 13.7 Å². The van der Waals surface area contributed by atoms with E-state index < -0.39 is 5.97 Å². The van der Waals surface area contributed by atoms with Crippen molar-refractivity contribution in [2.24, 2.45) is 5.16 Å². The standard InChI is InChI=1S/C25H25NO5/c1-29-26-24(21-5-3-2-4-6-21)18-31-23-14-9-20(10-15-23)17-30-22-12-7-19(8-13-22)11-16-25(27)28/h2-10,12-15H,11,16-18H2,1H3,(H,27,28)/b26-24-. The van der Waals surface area contributed by atoms with E-state index in [0.717, 1.165) is 28.2 Å². The van der Waals surface area contributed by atoms with E-state index in [1.54, 1.807) is 0 Å². The van der Waals surface area contributed by atoms with E-state index in [1.165, 1.54) is 7.11 Å². The van der Waals surface area contributed by atoms with Gasteiger partial charge >= 0.3 is 5.97 Å². The highest BCUT2D eigenvalue weighted by Crippen LogP contribution is 2.17. The molecule has 6 heteroatoms. The van der Waals surface area contributed by atoms with Gasteiger partial charge in [0.05, 0.1) is 0 Å². The van der Waals surface area contributed by atoms with Gasteiger partial charge in [-0.15, -0.1) is 0 Å². The highest BCUT2D eigenvalue weighted by Gasteiger charge is 2.06. The zero-order valence-corrected chi connectivity index (χ0v) is 17.4. The number of carbonyl (C=O) groups is 1. The zero-order valence-electron chi connectivity index (χ0n) is 17.4. The van der Waals surface area contributed by atoms with Crippen LogP contribution in [0.1, 0.15) is 23.1 Å². The second kappa shape index (κ2) is 11.4. The third kappa shape index (κ3) is 7.19. The first-order valence-corrected chi connectivity index (χ1v) is 9.95. The number of benzene rings is 3. The van der Waals surface area contributed by atoms with Crippen LogP contribution >= 0.6 is 0 Å². The Labute approximate surface area is 181 Å². The molecule has 0 atom stereocenters. The zero-order chi connectivity index (χ0) is 21.9. The van der Waals surface area contributed by atoms with E-state index in [2.05, 4.69) is 5.16 Å². The molecule has 0 saturated carbocycles. The van der Waals surface area contributed by atoms with Crippen molar-refractivity contribution in [3.05, 3.63) is 95.6 Å². The van der Waals surface area contributed by atoms with Crippen molar-refractivity contribution in [3.8, 4) is 11.5 Å². The Morgan fingerprint density at radius 1 is 0.839 bits per heavy atom. The van der Waals surface area contributed by atoms with E-state index in [-0.39, 0.29) is 6.42 Å². The maximum absolute atomic E-state index is 10.6. The first kappa shape index (κ1) is 21.9. The molecular formula is C25H25NO5. The molecule has 3 aromatic carbocycles.